The van der Waals surface area contributed by atoms with Crippen LogP contribution < -0.4 is 9.57 Å². The molecule has 2 heterocycles. The molecule has 0 saturated heterocycles. The molecule has 0 aliphatic rings. The molecule has 0 unspecified atom stereocenters. The second kappa shape index (κ2) is 4.97. The molecule has 1 aromatic carbocycles. The molecule has 0 saturated carbocycles. The lowest BCUT2D eigenvalue weighted by atomic mass is 10.2. The van der Waals surface area contributed by atoms with Crippen LogP contribution in [0.2, 0.25) is 0 Å². The largest absolute Gasteiger partial charge is 0.507 e. The number of rotatable bonds is 2. The van der Waals surface area contributed by atoms with Crippen molar-refractivity contribution in [1.82, 2.24) is 4.98 Å². The number of phenols is 1. The van der Waals surface area contributed by atoms with Crippen LogP contribution in [0.5, 0.6) is 5.75 Å². The van der Waals surface area contributed by atoms with Crippen molar-refractivity contribution in [2.24, 2.45) is 0 Å². The summed E-state index contributed by atoms with van der Waals surface area (Å²) in [5.41, 5.74) is 1.49. The maximum Gasteiger partial charge on any atom is 0.414 e. The van der Waals surface area contributed by atoms with Crippen molar-refractivity contribution < 1.29 is 19.5 Å². The lowest BCUT2D eigenvalue weighted by Gasteiger charge is -2.01. The molecule has 0 amide bonds. The second-order valence-electron chi connectivity index (χ2n) is 4.14. The van der Waals surface area contributed by atoms with Gasteiger partial charge >= 0.3 is 5.97 Å². The Morgan fingerprint density at radius 3 is 2.80 bits per heavy atom. The maximum absolute atomic E-state index is 12.1. The van der Waals surface area contributed by atoms with Gasteiger partial charge in [-0.05, 0) is 24.3 Å². The molecule has 1 N–H and O–H groups in total. The SMILES string of the molecule is O=C(O[n+]1cccc2ncccc21)c1ccccc1O. The summed E-state index contributed by atoms with van der Waals surface area (Å²) in [4.78, 5) is 21.5. The van der Waals surface area contributed by atoms with Crippen LogP contribution in [0, 0.1) is 0 Å². The number of hydrogen-bond donors (Lipinski definition) is 1. The van der Waals surface area contributed by atoms with E-state index in [1.165, 1.54) is 16.9 Å². The van der Waals surface area contributed by atoms with Gasteiger partial charge in [-0.2, -0.15) is 4.84 Å². The first-order valence-electron chi connectivity index (χ1n) is 6.02. The Kier molecular flexibility index (Phi) is 3.01. The van der Waals surface area contributed by atoms with Crippen LogP contribution >= 0.6 is 0 Å². The first-order chi connectivity index (χ1) is 9.75. The van der Waals surface area contributed by atoms with Crippen LogP contribution in [0.4, 0.5) is 0 Å². The highest BCUT2D eigenvalue weighted by Crippen LogP contribution is 2.15. The van der Waals surface area contributed by atoms with Gasteiger partial charge in [0.1, 0.15) is 16.8 Å². The summed E-state index contributed by atoms with van der Waals surface area (Å²) in [6, 6.07) is 13.3. The number of fused-ring (bicyclic) bond motifs is 1. The number of benzene rings is 1. The summed E-state index contributed by atoms with van der Waals surface area (Å²) >= 11 is 0. The molecular formula is C15H11N2O3+. The van der Waals surface area contributed by atoms with Gasteiger partial charge in [0.05, 0.1) is 0 Å². The lowest BCUT2D eigenvalue weighted by molar-refractivity contribution is -0.847. The molecule has 20 heavy (non-hydrogen) atoms. The first kappa shape index (κ1) is 12.1. The van der Waals surface area contributed by atoms with E-state index >= 15 is 0 Å². The van der Waals surface area contributed by atoms with Crippen LogP contribution in [0.3, 0.4) is 0 Å². The zero-order valence-electron chi connectivity index (χ0n) is 10.4. The summed E-state index contributed by atoms with van der Waals surface area (Å²) in [7, 11) is 0. The molecule has 0 radical (unpaired) electrons. The molecule has 3 rings (SSSR count). The van der Waals surface area contributed by atoms with Gasteiger partial charge in [-0.25, -0.2) is 9.78 Å². The van der Waals surface area contributed by atoms with E-state index in [4.69, 9.17) is 4.84 Å². The minimum atomic E-state index is -0.635. The van der Waals surface area contributed by atoms with Gasteiger partial charge in [-0.15, -0.1) is 0 Å². The standard InChI is InChI=1S/C15H10N2O3/c18-14-8-2-1-5-11(14)15(19)20-17-10-4-6-12-13(17)7-3-9-16-12/h1-10H/p+1. The highest BCUT2D eigenvalue weighted by atomic mass is 16.7. The molecule has 0 fully saturated rings. The molecule has 0 spiro atoms. The first-order valence-corrected chi connectivity index (χ1v) is 6.02. The van der Waals surface area contributed by atoms with Gasteiger partial charge in [0, 0.05) is 23.1 Å². The van der Waals surface area contributed by atoms with Gasteiger partial charge in [0.25, 0.3) is 5.52 Å². The maximum atomic E-state index is 12.1. The van der Waals surface area contributed by atoms with Crippen molar-refractivity contribution in [2.75, 3.05) is 0 Å². The molecule has 0 bridgehead atoms. The monoisotopic (exact) mass is 267 g/mol. The minimum absolute atomic E-state index is 0.112. The van der Waals surface area contributed by atoms with Gasteiger partial charge in [-0.1, -0.05) is 12.1 Å². The van der Waals surface area contributed by atoms with Crippen molar-refractivity contribution in [2.45, 2.75) is 0 Å². The zero-order chi connectivity index (χ0) is 13.9. The lowest BCUT2D eigenvalue weighted by Crippen LogP contribution is -2.46. The molecular weight excluding hydrogens is 256 g/mol. The van der Waals surface area contributed by atoms with Gasteiger partial charge in [0.2, 0.25) is 6.20 Å². The predicted molar refractivity (Wildman–Crippen MR) is 71.0 cm³/mol. The van der Waals surface area contributed by atoms with E-state index in [1.54, 1.807) is 42.7 Å². The Morgan fingerprint density at radius 1 is 1.10 bits per heavy atom. The number of phenolic OH excluding ortho intramolecular Hbond substituents is 1. The van der Waals surface area contributed by atoms with Gasteiger partial charge < -0.3 is 5.11 Å². The van der Waals surface area contributed by atoms with E-state index in [1.807, 2.05) is 6.07 Å². The van der Waals surface area contributed by atoms with Crippen LogP contribution in [-0.2, 0) is 0 Å². The number of para-hydroxylation sites is 1. The fourth-order valence-corrected chi connectivity index (χ4v) is 1.88. The highest BCUT2D eigenvalue weighted by Gasteiger charge is 2.20. The van der Waals surface area contributed by atoms with Crippen LogP contribution in [-0.4, -0.2) is 16.1 Å². The summed E-state index contributed by atoms with van der Waals surface area (Å²) in [5, 5.41) is 9.65. The molecule has 5 nitrogen and oxygen atoms in total. The van der Waals surface area contributed by atoms with Crippen molar-refractivity contribution in [3.8, 4) is 5.75 Å². The quantitative estimate of drug-likeness (QED) is 0.715. The molecule has 0 aliphatic heterocycles. The van der Waals surface area contributed by atoms with Gasteiger partial charge in [0.15, 0.2) is 0 Å². The number of pyridine rings is 2. The molecule has 0 aliphatic carbocycles. The zero-order valence-corrected chi connectivity index (χ0v) is 10.4. The van der Waals surface area contributed by atoms with Crippen molar-refractivity contribution in [3.05, 3.63) is 66.5 Å². The third kappa shape index (κ3) is 2.16. The average Bonchev–Trinajstić information content (AvgIpc) is 2.48. The van der Waals surface area contributed by atoms with E-state index in [9.17, 15) is 9.90 Å². The number of carbonyl (C=O) groups is 1. The summed E-state index contributed by atoms with van der Waals surface area (Å²) in [6.07, 6.45) is 3.28. The summed E-state index contributed by atoms with van der Waals surface area (Å²) in [5.74, 6) is -0.749. The number of aromatic hydroxyl groups is 1. The molecule has 5 heteroatoms. The summed E-state index contributed by atoms with van der Waals surface area (Å²) < 4.78 is 1.33. The average molecular weight is 267 g/mol. The van der Waals surface area contributed by atoms with E-state index in [0.29, 0.717) is 11.0 Å². The van der Waals surface area contributed by atoms with Crippen LogP contribution in [0.1, 0.15) is 10.4 Å². The smallest absolute Gasteiger partial charge is 0.414 e. The summed E-state index contributed by atoms with van der Waals surface area (Å²) in [6.45, 7) is 0. The number of carbonyl (C=O) groups excluding carboxylic acids is 1. The molecule has 98 valence electrons. The molecule has 0 atom stereocenters. The number of hydrogen-bond acceptors (Lipinski definition) is 4. The topological polar surface area (TPSA) is 63.3 Å². The highest BCUT2D eigenvalue weighted by molar-refractivity contribution is 5.92. The van der Waals surface area contributed by atoms with E-state index in [2.05, 4.69) is 4.98 Å². The fourth-order valence-electron chi connectivity index (χ4n) is 1.88. The number of aromatic nitrogens is 2. The Balaban J connectivity index is 1.98. The van der Waals surface area contributed by atoms with E-state index in [0.717, 1.165) is 0 Å². The minimum Gasteiger partial charge on any atom is -0.507 e. The predicted octanol–water partition coefficient (Wildman–Crippen LogP) is 1.50. The number of nitrogens with zero attached hydrogens (tertiary/aromatic N) is 2. The van der Waals surface area contributed by atoms with Crippen molar-refractivity contribution >= 4 is 17.0 Å². The van der Waals surface area contributed by atoms with Crippen molar-refractivity contribution in [1.29, 1.82) is 0 Å². The normalized spacial score (nSPS) is 10.4. The molecule has 3 aromatic rings. The Labute approximate surface area is 114 Å². The van der Waals surface area contributed by atoms with Gasteiger partial charge in [-0.3, -0.25) is 0 Å². The molecule has 2 aromatic heterocycles. The van der Waals surface area contributed by atoms with E-state index in [-0.39, 0.29) is 11.3 Å². The van der Waals surface area contributed by atoms with Crippen LogP contribution in [0.25, 0.3) is 11.0 Å². The Hall–Kier alpha value is -2.95. The van der Waals surface area contributed by atoms with Crippen LogP contribution in [0.15, 0.2) is 60.9 Å². The third-order valence-corrected chi connectivity index (χ3v) is 2.83. The Morgan fingerprint density at radius 2 is 1.95 bits per heavy atom. The fraction of sp³-hybridized carbons (Fsp3) is 0. The van der Waals surface area contributed by atoms with Crippen molar-refractivity contribution in [3.63, 3.8) is 0 Å². The third-order valence-electron chi connectivity index (χ3n) is 2.83. The Bertz CT molecular complexity index is 781. The van der Waals surface area contributed by atoms with E-state index < -0.39 is 5.97 Å². The second-order valence-corrected chi connectivity index (χ2v) is 4.14.